The number of hydrogen-bond donors (Lipinski definition) is 1. The summed E-state index contributed by atoms with van der Waals surface area (Å²) in [7, 11) is 2.13. The smallest absolute Gasteiger partial charge is 0.225 e. The number of nitrogens with two attached hydrogens (primary N) is 1. The average Bonchev–Trinajstić information content (AvgIpc) is 2.30. The summed E-state index contributed by atoms with van der Waals surface area (Å²) in [5, 5.41) is 0. The first-order valence-electron chi connectivity index (χ1n) is 5.24. The summed E-state index contributed by atoms with van der Waals surface area (Å²) in [5.41, 5.74) is 6.48. The van der Waals surface area contributed by atoms with E-state index >= 15 is 0 Å². The van der Waals surface area contributed by atoms with Crippen LogP contribution in [0, 0.1) is 0 Å². The molecular weight excluding hydrogens is 297 g/mol. The van der Waals surface area contributed by atoms with Crippen molar-refractivity contribution in [2.75, 3.05) is 38.1 Å². The minimum absolute atomic E-state index is 0. The van der Waals surface area contributed by atoms with E-state index in [2.05, 4.69) is 26.8 Å². The second kappa shape index (κ2) is 9.58. The molecule has 1 aliphatic rings. The van der Waals surface area contributed by atoms with E-state index in [1.54, 1.807) is 12.4 Å². The molecule has 0 radical (unpaired) electrons. The second-order valence-corrected chi connectivity index (χ2v) is 3.89. The number of nitrogens with zero attached hydrogens (tertiary/aromatic N) is 4. The molecule has 1 saturated heterocycles. The third-order valence-corrected chi connectivity index (χ3v) is 2.71. The van der Waals surface area contributed by atoms with Crippen LogP contribution in [0.4, 0.5) is 5.95 Å². The number of likely N-dealkylation sites (N-methyl/N-ethyl adjacent to an activating group) is 1. The van der Waals surface area contributed by atoms with E-state index in [0.29, 0.717) is 6.54 Å². The standard InChI is InChI=1S/C10H17N5.3ClH/c1-14-2-4-15(5-3-14)10-12-7-9(6-11)8-13-10;;;/h7-8H,2-6,11H2,1H3;3*1H. The van der Waals surface area contributed by atoms with Gasteiger partial charge in [-0.25, -0.2) is 9.97 Å². The Balaban J connectivity index is 0. The highest BCUT2D eigenvalue weighted by atomic mass is 35.5. The largest absolute Gasteiger partial charge is 0.338 e. The summed E-state index contributed by atoms with van der Waals surface area (Å²) < 4.78 is 0. The van der Waals surface area contributed by atoms with Crippen molar-refractivity contribution in [3.05, 3.63) is 18.0 Å². The molecule has 1 aromatic rings. The number of aromatic nitrogens is 2. The third kappa shape index (κ3) is 5.12. The lowest BCUT2D eigenvalue weighted by Gasteiger charge is -2.32. The van der Waals surface area contributed by atoms with Gasteiger partial charge in [0, 0.05) is 50.7 Å². The fraction of sp³-hybridized carbons (Fsp3) is 0.600. The summed E-state index contributed by atoms with van der Waals surface area (Å²) in [6, 6.07) is 0. The molecule has 1 aromatic heterocycles. The predicted molar refractivity (Wildman–Crippen MR) is 81.4 cm³/mol. The van der Waals surface area contributed by atoms with Gasteiger partial charge in [0.1, 0.15) is 0 Å². The molecule has 0 atom stereocenters. The fourth-order valence-electron chi connectivity index (χ4n) is 1.62. The van der Waals surface area contributed by atoms with Crippen LogP contribution in [0.2, 0.25) is 0 Å². The van der Waals surface area contributed by atoms with Gasteiger partial charge < -0.3 is 15.5 Å². The molecule has 0 saturated carbocycles. The molecule has 2 heterocycles. The summed E-state index contributed by atoms with van der Waals surface area (Å²) in [6.45, 7) is 4.64. The van der Waals surface area contributed by atoms with Gasteiger partial charge in [0.2, 0.25) is 5.95 Å². The molecule has 0 spiro atoms. The van der Waals surface area contributed by atoms with Crippen LogP contribution in [-0.2, 0) is 6.54 Å². The van der Waals surface area contributed by atoms with Crippen molar-refractivity contribution in [1.82, 2.24) is 14.9 Å². The van der Waals surface area contributed by atoms with Crippen LogP contribution in [0.25, 0.3) is 0 Å². The third-order valence-electron chi connectivity index (χ3n) is 2.71. The Morgan fingerprint density at radius 2 is 1.56 bits per heavy atom. The van der Waals surface area contributed by atoms with E-state index in [1.807, 2.05) is 0 Å². The zero-order valence-corrected chi connectivity index (χ0v) is 12.7. The maximum absolute atomic E-state index is 5.50. The van der Waals surface area contributed by atoms with E-state index in [9.17, 15) is 0 Å². The Kier molecular flexibility index (Phi) is 10.6. The van der Waals surface area contributed by atoms with Gasteiger partial charge in [-0.1, -0.05) is 0 Å². The van der Waals surface area contributed by atoms with E-state index in [-0.39, 0.29) is 37.2 Å². The van der Waals surface area contributed by atoms with Crippen molar-refractivity contribution in [1.29, 1.82) is 0 Å². The normalized spacial score (nSPS) is 15.1. The first-order valence-corrected chi connectivity index (χ1v) is 5.24. The Hall–Kier alpha value is -0.330. The highest BCUT2D eigenvalue weighted by Crippen LogP contribution is 2.09. The first kappa shape index (κ1) is 20.0. The number of halogens is 3. The van der Waals surface area contributed by atoms with Crippen molar-refractivity contribution < 1.29 is 0 Å². The van der Waals surface area contributed by atoms with Crippen LogP contribution < -0.4 is 10.6 Å². The van der Waals surface area contributed by atoms with Gasteiger partial charge in [-0.2, -0.15) is 0 Å². The van der Waals surface area contributed by atoms with Crippen molar-refractivity contribution in [2.45, 2.75) is 6.54 Å². The zero-order chi connectivity index (χ0) is 10.7. The van der Waals surface area contributed by atoms with Crippen LogP contribution in [0.5, 0.6) is 0 Å². The highest BCUT2D eigenvalue weighted by Gasteiger charge is 2.15. The molecule has 0 bridgehead atoms. The lowest BCUT2D eigenvalue weighted by Crippen LogP contribution is -2.45. The van der Waals surface area contributed by atoms with Gasteiger partial charge in [-0.05, 0) is 7.05 Å². The summed E-state index contributed by atoms with van der Waals surface area (Å²) >= 11 is 0. The molecule has 0 aliphatic carbocycles. The van der Waals surface area contributed by atoms with Gasteiger partial charge >= 0.3 is 0 Å². The monoisotopic (exact) mass is 315 g/mol. The van der Waals surface area contributed by atoms with Crippen LogP contribution in [0.15, 0.2) is 12.4 Å². The Labute approximate surface area is 126 Å². The molecule has 1 fully saturated rings. The Morgan fingerprint density at radius 3 is 2.00 bits per heavy atom. The molecule has 1 aliphatic heterocycles. The maximum Gasteiger partial charge on any atom is 0.225 e. The van der Waals surface area contributed by atoms with E-state index in [4.69, 9.17) is 5.73 Å². The molecule has 2 N–H and O–H groups in total. The molecule has 0 aromatic carbocycles. The summed E-state index contributed by atoms with van der Waals surface area (Å²) in [5.74, 6) is 0.820. The van der Waals surface area contributed by atoms with Crippen molar-refractivity contribution >= 4 is 43.2 Å². The van der Waals surface area contributed by atoms with Crippen molar-refractivity contribution in [3.63, 3.8) is 0 Å². The van der Waals surface area contributed by atoms with Crippen molar-refractivity contribution in [3.8, 4) is 0 Å². The SMILES string of the molecule is CN1CCN(c2ncc(CN)cn2)CC1.Cl.Cl.Cl. The predicted octanol–water partition coefficient (Wildman–Crippen LogP) is 0.952. The maximum atomic E-state index is 5.50. The van der Waals surface area contributed by atoms with Gasteiger partial charge in [-0.15, -0.1) is 37.2 Å². The highest BCUT2D eigenvalue weighted by molar-refractivity contribution is 5.86. The molecule has 18 heavy (non-hydrogen) atoms. The Bertz CT molecular complexity index is 314. The fourth-order valence-corrected chi connectivity index (χ4v) is 1.62. The molecule has 0 amide bonds. The van der Waals surface area contributed by atoms with Gasteiger partial charge in [0.15, 0.2) is 0 Å². The van der Waals surface area contributed by atoms with E-state index in [1.165, 1.54) is 0 Å². The van der Waals surface area contributed by atoms with E-state index < -0.39 is 0 Å². The molecule has 106 valence electrons. The van der Waals surface area contributed by atoms with Gasteiger partial charge in [-0.3, -0.25) is 0 Å². The second-order valence-electron chi connectivity index (χ2n) is 3.89. The molecule has 8 heteroatoms. The van der Waals surface area contributed by atoms with Gasteiger partial charge in [0.25, 0.3) is 0 Å². The quantitative estimate of drug-likeness (QED) is 0.880. The molecule has 0 unspecified atom stereocenters. The van der Waals surface area contributed by atoms with Crippen LogP contribution in [0.3, 0.4) is 0 Å². The summed E-state index contributed by atoms with van der Waals surface area (Å²) in [4.78, 5) is 13.1. The number of piperazine rings is 1. The topological polar surface area (TPSA) is 58.3 Å². The zero-order valence-electron chi connectivity index (χ0n) is 10.3. The van der Waals surface area contributed by atoms with Crippen molar-refractivity contribution in [2.24, 2.45) is 5.73 Å². The van der Waals surface area contributed by atoms with Crippen LogP contribution in [0.1, 0.15) is 5.56 Å². The minimum Gasteiger partial charge on any atom is -0.338 e. The minimum atomic E-state index is 0. The first-order chi connectivity index (χ1) is 7.29. The number of hydrogen-bond acceptors (Lipinski definition) is 5. The molecular formula is C10H20Cl3N5. The molecule has 2 rings (SSSR count). The number of rotatable bonds is 2. The lowest BCUT2D eigenvalue weighted by molar-refractivity contribution is 0.311. The van der Waals surface area contributed by atoms with E-state index in [0.717, 1.165) is 37.7 Å². The Morgan fingerprint density at radius 1 is 1.06 bits per heavy atom. The van der Waals surface area contributed by atoms with Gasteiger partial charge in [0.05, 0.1) is 0 Å². The summed E-state index contributed by atoms with van der Waals surface area (Å²) in [6.07, 6.45) is 3.61. The number of anilines is 1. The van der Waals surface area contributed by atoms with Crippen LogP contribution in [-0.4, -0.2) is 48.1 Å². The van der Waals surface area contributed by atoms with Crippen LogP contribution >= 0.6 is 37.2 Å². The average molecular weight is 317 g/mol. The lowest BCUT2D eigenvalue weighted by atomic mass is 10.3. The molecule has 5 nitrogen and oxygen atoms in total.